The molecule has 2 N–H and O–H groups in total. The van der Waals surface area contributed by atoms with Crippen molar-refractivity contribution in [1.82, 2.24) is 10.1 Å². The molecular weight excluding hydrogens is 335 g/mol. The minimum absolute atomic E-state index is 0.246. The Morgan fingerprint density at radius 2 is 1.74 bits per heavy atom. The molecule has 1 unspecified atom stereocenters. The molecule has 0 aliphatic heterocycles. The van der Waals surface area contributed by atoms with Crippen LogP contribution in [0.2, 0.25) is 0 Å². The topological polar surface area (TPSA) is 99.1 Å². The van der Waals surface area contributed by atoms with Gasteiger partial charge >= 0.3 is 12.1 Å². The van der Waals surface area contributed by atoms with Gasteiger partial charge in [0.2, 0.25) is 5.82 Å². The Labute approximate surface area is 130 Å². The van der Waals surface area contributed by atoms with Gasteiger partial charge in [0, 0.05) is 5.56 Å². The highest BCUT2D eigenvalue weighted by molar-refractivity contribution is 7.92. The molecule has 1 atom stereocenters. The van der Waals surface area contributed by atoms with Crippen LogP contribution < -0.4 is 5.73 Å². The van der Waals surface area contributed by atoms with Crippen LogP contribution in [0.4, 0.5) is 13.2 Å². The third kappa shape index (κ3) is 3.53. The molecule has 10 heteroatoms. The molecule has 0 saturated heterocycles. The molecule has 0 saturated carbocycles. The van der Waals surface area contributed by atoms with E-state index in [1.165, 1.54) is 38.1 Å². The van der Waals surface area contributed by atoms with Crippen molar-refractivity contribution in [2.45, 2.75) is 30.6 Å². The number of hydrogen-bond acceptors (Lipinski definition) is 6. The van der Waals surface area contributed by atoms with Crippen LogP contribution in [0.1, 0.15) is 30.7 Å². The van der Waals surface area contributed by atoms with Gasteiger partial charge in [-0.1, -0.05) is 29.4 Å². The van der Waals surface area contributed by atoms with E-state index in [-0.39, 0.29) is 11.4 Å². The van der Waals surface area contributed by atoms with Gasteiger partial charge in [-0.15, -0.1) is 0 Å². The van der Waals surface area contributed by atoms with Crippen LogP contribution in [0.15, 0.2) is 28.8 Å². The van der Waals surface area contributed by atoms with E-state index in [0.717, 1.165) is 0 Å². The van der Waals surface area contributed by atoms with Crippen LogP contribution in [-0.4, -0.2) is 23.8 Å². The summed E-state index contributed by atoms with van der Waals surface area (Å²) in [7, 11) is -3.54. The number of halogens is 3. The number of aromatic nitrogens is 2. The van der Waals surface area contributed by atoms with E-state index in [0.29, 0.717) is 5.56 Å². The lowest BCUT2D eigenvalue weighted by molar-refractivity contribution is -0.159. The fraction of sp³-hybridized carbons (Fsp3) is 0.385. The molecule has 0 spiro atoms. The van der Waals surface area contributed by atoms with Crippen LogP contribution in [0, 0.1) is 0 Å². The molecule has 1 aromatic heterocycles. The highest BCUT2D eigenvalue weighted by atomic mass is 32.2. The van der Waals surface area contributed by atoms with Crippen LogP contribution in [-0.2, 0) is 16.0 Å². The van der Waals surface area contributed by atoms with Gasteiger partial charge in [0.25, 0.3) is 0 Å². The first kappa shape index (κ1) is 17.4. The second-order valence-electron chi connectivity index (χ2n) is 5.10. The standard InChI is InChI=1S/C13H14F3N3O3S/c1-7(2)23(20,21)10(17)8-3-5-9(6-4-8)11-18-12(22-19-11)13(14,15)16/h3-7,10H,17H2,1-2H3. The number of nitrogens with zero attached hydrogens (tertiary/aromatic N) is 2. The second-order valence-corrected chi connectivity index (χ2v) is 7.73. The van der Waals surface area contributed by atoms with Crippen molar-refractivity contribution < 1.29 is 26.1 Å². The summed E-state index contributed by atoms with van der Waals surface area (Å²) in [5, 5.41) is 1.38. The Balaban J connectivity index is 2.28. The van der Waals surface area contributed by atoms with Crippen molar-refractivity contribution in [3.63, 3.8) is 0 Å². The van der Waals surface area contributed by atoms with Crippen molar-refractivity contribution in [1.29, 1.82) is 0 Å². The minimum Gasteiger partial charge on any atom is -0.329 e. The van der Waals surface area contributed by atoms with Crippen molar-refractivity contribution >= 4 is 9.84 Å². The Morgan fingerprint density at radius 1 is 1.17 bits per heavy atom. The summed E-state index contributed by atoms with van der Waals surface area (Å²) in [4.78, 5) is 3.25. The lowest BCUT2D eigenvalue weighted by Crippen LogP contribution is -2.28. The molecular formula is C13H14F3N3O3S. The highest BCUT2D eigenvalue weighted by Gasteiger charge is 2.38. The maximum Gasteiger partial charge on any atom is 0.471 e. The maximum absolute atomic E-state index is 12.4. The Morgan fingerprint density at radius 3 is 2.17 bits per heavy atom. The molecule has 6 nitrogen and oxygen atoms in total. The number of benzene rings is 1. The molecule has 23 heavy (non-hydrogen) atoms. The van der Waals surface area contributed by atoms with Crippen LogP contribution in [0.3, 0.4) is 0 Å². The van der Waals surface area contributed by atoms with Gasteiger partial charge in [0.1, 0.15) is 5.37 Å². The molecule has 0 aliphatic carbocycles. The van der Waals surface area contributed by atoms with Gasteiger partial charge < -0.3 is 10.3 Å². The van der Waals surface area contributed by atoms with Gasteiger partial charge in [-0.3, -0.25) is 0 Å². The average Bonchev–Trinajstić information content (AvgIpc) is 2.96. The summed E-state index contributed by atoms with van der Waals surface area (Å²) in [6.07, 6.45) is -4.72. The highest BCUT2D eigenvalue weighted by Crippen LogP contribution is 2.30. The van der Waals surface area contributed by atoms with E-state index in [4.69, 9.17) is 5.73 Å². The first-order valence-corrected chi connectivity index (χ1v) is 8.14. The molecule has 0 amide bonds. The first-order valence-electron chi connectivity index (χ1n) is 6.53. The molecule has 126 valence electrons. The fourth-order valence-electron chi connectivity index (χ4n) is 1.76. The summed E-state index contributed by atoms with van der Waals surface area (Å²) in [5.41, 5.74) is 6.31. The molecule has 0 aliphatic rings. The third-order valence-electron chi connectivity index (χ3n) is 3.18. The fourth-order valence-corrected chi connectivity index (χ4v) is 2.88. The zero-order valence-corrected chi connectivity index (χ0v) is 13.0. The predicted molar refractivity (Wildman–Crippen MR) is 75.7 cm³/mol. The van der Waals surface area contributed by atoms with Gasteiger partial charge in [0.05, 0.1) is 5.25 Å². The normalized spacial score (nSPS) is 14.2. The van der Waals surface area contributed by atoms with E-state index in [1.54, 1.807) is 0 Å². The molecule has 0 radical (unpaired) electrons. The van der Waals surface area contributed by atoms with Crippen LogP contribution in [0.5, 0.6) is 0 Å². The number of hydrogen-bond donors (Lipinski definition) is 1. The second kappa shape index (κ2) is 5.93. The van der Waals surface area contributed by atoms with E-state index >= 15 is 0 Å². The minimum atomic E-state index is -4.72. The predicted octanol–water partition coefficient (Wildman–Crippen LogP) is 2.54. The molecule has 1 aromatic carbocycles. The Hall–Kier alpha value is -1.94. The maximum atomic E-state index is 12.4. The summed E-state index contributed by atoms with van der Waals surface area (Å²) < 4.78 is 65.4. The van der Waals surface area contributed by atoms with Gasteiger partial charge in [-0.05, 0) is 19.4 Å². The van der Waals surface area contributed by atoms with E-state index in [2.05, 4.69) is 14.7 Å². The Kier molecular flexibility index (Phi) is 4.49. The smallest absolute Gasteiger partial charge is 0.329 e. The largest absolute Gasteiger partial charge is 0.471 e. The molecule has 0 bridgehead atoms. The number of nitrogens with two attached hydrogens (primary N) is 1. The molecule has 2 rings (SSSR count). The molecule has 2 aromatic rings. The van der Waals surface area contributed by atoms with E-state index in [9.17, 15) is 21.6 Å². The number of alkyl halides is 3. The quantitative estimate of drug-likeness (QED) is 0.911. The van der Waals surface area contributed by atoms with Gasteiger partial charge in [0.15, 0.2) is 9.84 Å². The third-order valence-corrected chi connectivity index (χ3v) is 5.47. The first-order chi connectivity index (χ1) is 10.5. The molecule has 0 fully saturated rings. The van der Waals surface area contributed by atoms with Crippen molar-refractivity contribution in [3.05, 3.63) is 35.7 Å². The van der Waals surface area contributed by atoms with Crippen molar-refractivity contribution in [2.24, 2.45) is 5.73 Å². The summed E-state index contributed by atoms with van der Waals surface area (Å²) >= 11 is 0. The van der Waals surface area contributed by atoms with Crippen LogP contribution >= 0.6 is 0 Å². The van der Waals surface area contributed by atoms with Crippen molar-refractivity contribution in [3.8, 4) is 11.4 Å². The van der Waals surface area contributed by atoms with E-state index < -0.39 is 32.5 Å². The zero-order chi connectivity index (χ0) is 17.4. The van der Waals surface area contributed by atoms with Gasteiger partial charge in [-0.2, -0.15) is 18.2 Å². The number of rotatable bonds is 4. The van der Waals surface area contributed by atoms with E-state index in [1.807, 2.05) is 0 Å². The Bertz CT molecular complexity index is 783. The summed E-state index contributed by atoms with van der Waals surface area (Å²) in [6, 6.07) is 5.58. The lowest BCUT2D eigenvalue weighted by atomic mass is 10.1. The zero-order valence-electron chi connectivity index (χ0n) is 12.2. The van der Waals surface area contributed by atoms with Gasteiger partial charge in [-0.25, -0.2) is 8.42 Å². The summed E-state index contributed by atoms with van der Waals surface area (Å²) in [5.74, 6) is -1.69. The van der Waals surface area contributed by atoms with Crippen molar-refractivity contribution in [2.75, 3.05) is 0 Å². The molecule has 1 heterocycles. The lowest BCUT2D eigenvalue weighted by Gasteiger charge is -2.16. The van der Waals surface area contributed by atoms with Crippen LogP contribution in [0.25, 0.3) is 11.4 Å². The SMILES string of the molecule is CC(C)S(=O)(=O)C(N)c1ccc(-c2noc(C(F)(F)F)n2)cc1. The number of sulfone groups is 1. The monoisotopic (exact) mass is 349 g/mol. The summed E-state index contributed by atoms with van der Waals surface area (Å²) in [6.45, 7) is 3.03. The average molecular weight is 349 g/mol.